The Morgan fingerprint density at radius 1 is 1.14 bits per heavy atom. The highest BCUT2D eigenvalue weighted by atomic mass is 16.6. The fourth-order valence-corrected chi connectivity index (χ4v) is 2.22. The summed E-state index contributed by atoms with van der Waals surface area (Å²) in [6.07, 6.45) is 1.01. The number of carbonyl (C=O) groups is 1. The van der Waals surface area contributed by atoms with E-state index in [9.17, 15) is 14.9 Å². The highest BCUT2D eigenvalue weighted by Gasteiger charge is 2.15. The molecule has 0 aliphatic carbocycles. The minimum Gasteiger partial charge on any atom is -0.349 e. The van der Waals surface area contributed by atoms with Gasteiger partial charge in [0.05, 0.1) is 11.0 Å². The van der Waals surface area contributed by atoms with Crippen LogP contribution in [0.15, 0.2) is 54.6 Å². The van der Waals surface area contributed by atoms with Crippen molar-refractivity contribution in [2.24, 2.45) is 0 Å². The van der Waals surface area contributed by atoms with E-state index in [4.69, 9.17) is 0 Å². The van der Waals surface area contributed by atoms with Crippen LogP contribution in [0.4, 0.5) is 5.69 Å². The van der Waals surface area contributed by atoms with Gasteiger partial charge in [-0.3, -0.25) is 14.9 Å². The Morgan fingerprint density at radius 3 is 2.32 bits per heavy atom. The minimum absolute atomic E-state index is 0.0178. The van der Waals surface area contributed by atoms with Gasteiger partial charge in [0.15, 0.2) is 0 Å². The first kappa shape index (κ1) is 15.7. The molecule has 5 heteroatoms. The summed E-state index contributed by atoms with van der Waals surface area (Å²) < 4.78 is 0. The van der Waals surface area contributed by atoms with Gasteiger partial charge in [0.1, 0.15) is 0 Å². The predicted molar refractivity (Wildman–Crippen MR) is 84.4 cm³/mol. The zero-order chi connectivity index (χ0) is 15.9. The van der Waals surface area contributed by atoms with Gasteiger partial charge in [-0.2, -0.15) is 0 Å². The van der Waals surface area contributed by atoms with Crippen LogP contribution in [0.2, 0.25) is 0 Å². The summed E-state index contributed by atoms with van der Waals surface area (Å²) in [7, 11) is 0. The number of carbonyl (C=O) groups excluding carboxylic acids is 1. The van der Waals surface area contributed by atoms with Crippen LogP contribution >= 0.6 is 0 Å². The van der Waals surface area contributed by atoms with Crippen molar-refractivity contribution in [3.8, 4) is 0 Å². The monoisotopic (exact) mass is 298 g/mol. The average molecular weight is 298 g/mol. The molecule has 2 aromatic rings. The lowest BCUT2D eigenvalue weighted by Gasteiger charge is -2.19. The van der Waals surface area contributed by atoms with Crippen LogP contribution in [0, 0.1) is 10.1 Å². The molecule has 5 nitrogen and oxygen atoms in total. The summed E-state index contributed by atoms with van der Waals surface area (Å²) in [6.45, 7) is 1.81. The second-order valence-corrected chi connectivity index (χ2v) is 5.01. The Morgan fingerprint density at radius 2 is 1.77 bits per heavy atom. The van der Waals surface area contributed by atoms with Gasteiger partial charge in [-0.05, 0) is 17.5 Å². The van der Waals surface area contributed by atoms with Crippen LogP contribution in [0.25, 0.3) is 0 Å². The van der Waals surface area contributed by atoms with Gasteiger partial charge in [0.25, 0.3) is 5.69 Å². The van der Waals surface area contributed by atoms with Gasteiger partial charge < -0.3 is 5.32 Å². The maximum atomic E-state index is 11.7. The number of non-ortho nitro benzene ring substituents is 1. The van der Waals surface area contributed by atoms with Crippen molar-refractivity contribution in [1.82, 2.24) is 5.32 Å². The Kier molecular flexibility index (Phi) is 5.25. The van der Waals surface area contributed by atoms with Crippen molar-refractivity contribution in [2.75, 3.05) is 0 Å². The summed E-state index contributed by atoms with van der Waals surface area (Å²) in [4.78, 5) is 22.0. The van der Waals surface area contributed by atoms with Crippen LogP contribution < -0.4 is 5.32 Å². The zero-order valence-electron chi connectivity index (χ0n) is 12.4. The molecule has 114 valence electrons. The average Bonchev–Trinajstić information content (AvgIpc) is 2.55. The van der Waals surface area contributed by atoms with E-state index < -0.39 is 4.92 Å². The maximum absolute atomic E-state index is 11.7. The number of nitrogens with zero attached hydrogens (tertiary/aromatic N) is 1. The maximum Gasteiger partial charge on any atom is 0.269 e. The Labute approximate surface area is 129 Å². The third-order valence-electron chi connectivity index (χ3n) is 3.45. The Bertz CT molecular complexity index is 639. The summed E-state index contributed by atoms with van der Waals surface area (Å²) in [5, 5.41) is 13.7. The first-order valence-corrected chi connectivity index (χ1v) is 7.17. The molecule has 0 aromatic heterocycles. The van der Waals surface area contributed by atoms with Gasteiger partial charge in [0.2, 0.25) is 5.91 Å². The molecule has 0 heterocycles. The number of hydrogen-bond donors (Lipinski definition) is 1. The fourth-order valence-electron chi connectivity index (χ4n) is 2.22. The molecule has 1 atom stereocenters. The normalized spacial score (nSPS) is 11.7. The van der Waals surface area contributed by atoms with Gasteiger partial charge in [-0.25, -0.2) is 0 Å². The predicted octanol–water partition coefficient (Wildman–Crippen LogP) is 3.40. The smallest absolute Gasteiger partial charge is 0.269 e. The van der Waals surface area contributed by atoms with Gasteiger partial charge in [-0.15, -0.1) is 0 Å². The molecule has 0 bridgehead atoms. The van der Waals surface area contributed by atoms with Crippen LogP contribution in [0.5, 0.6) is 0 Å². The standard InChI is InChI=1S/C17H18N2O3/c1-2-17(20)18-16(14-6-4-3-5-7-14)12-13-8-10-15(11-9-13)19(21)22/h3-11,16H,2,12H2,1H3,(H,18,20). The summed E-state index contributed by atoms with van der Waals surface area (Å²) in [6, 6.07) is 16.0. The van der Waals surface area contributed by atoms with Gasteiger partial charge >= 0.3 is 0 Å². The van der Waals surface area contributed by atoms with E-state index in [1.165, 1.54) is 12.1 Å². The Balaban J connectivity index is 2.18. The molecule has 0 aliphatic heterocycles. The number of nitro benzene ring substituents is 1. The first-order chi connectivity index (χ1) is 10.6. The zero-order valence-corrected chi connectivity index (χ0v) is 12.4. The number of hydrogen-bond acceptors (Lipinski definition) is 3. The van der Waals surface area contributed by atoms with Crippen LogP contribution in [0.1, 0.15) is 30.5 Å². The number of nitrogens with one attached hydrogen (secondary N) is 1. The molecule has 0 saturated heterocycles. The molecule has 2 rings (SSSR count). The molecule has 0 saturated carbocycles. The molecule has 0 fully saturated rings. The number of amides is 1. The summed E-state index contributed by atoms with van der Waals surface area (Å²) >= 11 is 0. The van der Waals surface area contributed by atoms with Crippen molar-refractivity contribution in [3.05, 3.63) is 75.8 Å². The number of nitro groups is 1. The van der Waals surface area contributed by atoms with E-state index in [1.54, 1.807) is 12.1 Å². The second kappa shape index (κ2) is 7.36. The molecular weight excluding hydrogens is 280 g/mol. The van der Waals surface area contributed by atoms with Crippen molar-refractivity contribution < 1.29 is 9.72 Å². The van der Waals surface area contributed by atoms with Crippen LogP contribution in [0.3, 0.4) is 0 Å². The molecule has 1 amide bonds. The third-order valence-corrected chi connectivity index (χ3v) is 3.45. The van der Waals surface area contributed by atoms with E-state index in [2.05, 4.69) is 5.32 Å². The molecule has 0 aliphatic rings. The molecule has 1 unspecified atom stereocenters. The SMILES string of the molecule is CCC(=O)NC(Cc1ccc([N+](=O)[O-])cc1)c1ccccc1. The van der Waals surface area contributed by atoms with Crippen LogP contribution in [-0.2, 0) is 11.2 Å². The van der Waals surface area contributed by atoms with E-state index in [-0.39, 0.29) is 17.6 Å². The first-order valence-electron chi connectivity index (χ1n) is 7.17. The van der Waals surface area contributed by atoms with Crippen molar-refractivity contribution in [2.45, 2.75) is 25.8 Å². The molecule has 2 aromatic carbocycles. The molecule has 22 heavy (non-hydrogen) atoms. The van der Waals surface area contributed by atoms with Crippen molar-refractivity contribution in [1.29, 1.82) is 0 Å². The highest BCUT2D eigenvalue weighted by molar-refractivity contribution is 5.76. The number of rotatable bonds is 6. The lowest BCUT2D eigenvalue weighted by atomic mass is 9.98. The summed E-state index contributed by atoms with van der Waals surface area (Å²) in [5.41, 5.74) is 2.02. The summed E-state index contributed by atoms with van der Waals surface area (Å²) in [5.74, 6) is -0.0178. The van der Waals surface area contributed by atoms with Crippen LogP contribution in [-0.4, -0.2) is 10.8 Å². The van der Waals surface area contributed by atoms with E-state index in [1.807, 2.05) is 37.3 Å². The lowest BCUT2D eigenvalue weighted by molar-refractivity contribution is -0.384. The second-order valence-electron chi connectivity index (χ2n) is 5.01. The quantitative estimate of drug-likeness (QED) is 0.656. The fraction of sp³-hybridized carbons (Fsp3) is 0.235. The highest BCUT2D eigenvalue weighted by Crippen LogP contribution is 2.20. The van der Waals surface area contributed by atoms with E-state index >= 15 is 0 Å². The molecular formula is C17H18N2O3. The topological polar surface area (TPSA) is 72.2 Å². The third kappa shape index (κ3) is 4.15. The largest absolute Gasteiger partial charge is 0.349 e. The molecule has 1 N–H and O–H groups in total. The van der Waals surface area contributed by atoms with Crippen molar-refractivity contribution >= 4 is 11.6 Å². The molecule has 0 radical (unpaired) electrons. The van der Waals surface area contributed by atoms with Gasteiger partial charge in [-0.1, -0.05) is 49.4 Å². The minimum atomic E-state index is -0.419. The van der Waals surface area contributed by atoms with E-state index in [0.717, 1.165) is 11.1 Å². The lowest BCUT2D eigenvalue weighted by Crippen LogP contribution is -2.29. The molecule has 0 spiro atoms. The van der Waals surface area contributed by atoms with Gasteiger partial charge in [0, 0.05) is 18.6 Å². The number of benzene rings is 2. The van der Waals surface area contributed by atoms with Crippen molar-refractivity contribution in [3.63, 3.8) is 0 Å². The Hall–Kier alpha value is -2.69. The van der Waals surface area contributed by atoms with E-state index in [0.29, 0.717) is 12.8 Å².